The van der Waals surface area contributed by atoms with Gasteiger partial charge in [0, 0.05) is 15.4 Å². The lowest BCUT2D eigenvalue weighted by Gasteiger charge is -2.12. The van der Waals surface area contributed by atoms with Gasteiger partial charge in [-0.25, -0.2) is 9.78 Å². The predicted molar refractivity (Wildman–Crippen MR) is 91.3 cm³/mol. The van der Waals surface area contributed by atoms with Crippen molar-refractivity contribution in [2.45, 2.75) is 13.8 Å². The van der Waals surface area contributed by atoms with Crippen molar-refractivity contribution in [1.29, 1.82) is 0 Å². The van der Waals surface area contributed by atoms with E-state index in [1.54, 1.807) is 6.07 Å². The lowest BCUT2D eigenvalue weighted by Crippen LogP contribution is -2.02. The summed E-state index contributed by atoms with van der Waals surface area (Å²) < 4.78 is 0.897. The number of hydrogen-bond acceptors (Lipinski definition) is 2. The Kier molecular flexibility index (Phi) is 3.71. The monoisotopic (exact) mass is 355 g/mol. The molecular weight excluding hydrogens is 342 g/mol. The Labute approximate surface area is 136 Å². The molecule has 3 rings (SSSR count). The molecule has 0 saturated heterocycles. The molecule has 0 bridgehead atoms. The summed E-state index contributed by atoms with van der Waals surface area (Å²) in [5.41, 5.74) is 4.65. The predicted octanol–water partition coefficient (Wildman–Crippen LogP) is 4.98. The van der Waals surface area contributed by atoms with Crippen LogP contribution >= 0.6 is 15.9 Å². The molecule has 0 radical (unpaired) electrons. The second-order valence-corrected chi connectivity index (χ2v) is 6.09. The molecule has 0 spiro atoms. The number of aryl methyl sites for hydroxylation is 1. The van der Waals surface area contributed by atoms with Crippen molar-refractivity contribution in [2.24, 2.45) is 0 Å². The van der Waals surface area contributed by atoms with Crippen molar-refractivity contribution in [3.05, 3.63) is 63.6 Å². The van der Waals surface area contributed by atoms with E-state index < -0.39 is 5.97 Å². The van der Waals surface area contributed by atoms with Crippen LogP contribution in [-0.4, -0.2) is 16.1 Å². The summed E-state index contributed by atoms with van der Waals surface area (Å²) >= 11 is 3.49. The Morgan fingerprint density at radius 2 is 1.77 bits per heavy atom. The number of aromatic nitrogens is 1. The molecule has 22 heavy (non-hydrogen) atoms. The van der Waals surface area contributed by atoms with Gasteiger partial charge in [-0.15, -0.1) is 0 Å². The van der Waals surface area contributed by atoms with E-state index in [4.69, 9.17) is 4.98 Å². The highest BCUT2D eigenvalue weighted by Gasteiger charge is 2.16. The van der Waals surface area contributed by atoms with Gasteiger partial charge in [0.1, 0.15) is 0 Å². The zero-order valence-corrected chi connectivity index (χ0v) is 13.8. The molecule has 1 aromatic heterocycles. The van der Waals surface area contributed by atoms with Crippen LogP contribution < -0.4 is 0 Å². The average Bonchev–Trinajstić information content (AvgIpc) is 2.53. The van der Waals surface area contributed by atoms with E-state index in [1.165, 1.54) is 0 Å². The molecule has 110 valence electrons. The molecule has 0 aliphatic heterocycles. The maximum Gasteiger partial charge on any atom is 0.336 e. The fourth-order valence-electron chi connectivity index (χ4n) is 2.51. The Hall–Kier alpha value is -2.20. The van der Waals surface area contributed by atoms with Gasteiger partial charge in [0.2, 0.25) is 0 Å². The second kappa shape index (κ2) is 5.54. The Bertz CT molecular complexity index is 889. The van der Waals surface area contributed by atoms with Gasteiger partial charge in [-0.3, -0.25) is 0 Å². The number of halogens is 1. The third kappa shape index (κ3) is 2.40. The fraction of sp³-hybridized carbons (Fsp3) is 0.111. The average molecular weight is 356 g/mol. The van der Waals surface area contributed by atoms with E-state index in [2.05, 4.69) is 15.9 Å². The molecule has 0 aliphatic carbocycles. The van der Waals surface area contributed by atoms with Crippen molar-refractivity contribution in [3.63, 3.8) is 0 Å². The summed E-state index contributed by atoms with van der Waals surface area (Å²) in [7, 11) is 0. The van der Waals surface area contributed by atoms with Crippen LogP contribution in [0.25, 0.3) is 22.2 Å². The Morgan fingerprint density at radius 3 is 2.41 bits per heavy atom. The van der Waals surface area contributed by atoms with Crippen LogP contribution in [0.5, 0.6) is 0 Å². The van der Waals surface area contributed by atoms with Crippen molar-refractivity contribution in [2.75, 3.05) is 0 Å². The third-order valence-electron chi connectivity index (χ3n) is 3.91. The number of benzene rings is 2. The molecule has 0 fully saturated rings. The van der Waals surface area contributed by atoms with Crippen LogP contribution in [0.1, 0.15) is 21.5 Å². The van der Waals surface area contributed by atoms with E-state index in [0.717, 1.165) is 26.7 Å². The highest BCUT2D eigenvalue weighted by molar-refractivity contribution is 9.10. The second-order valence-electron chi connectivity index (χ2n) is 5.23. The number of aromatic carboxylic acids is 1. The molecule has 0 saturated carbocycles. The van der Waals surface area contributed by atoms with E-state index in [0.29, 0.717) is 11.1 Å². The van der Waals surface area contributed by atoms with Crippen LogP contribution in [0.2, 0.25) is 0 Å². The molecule has 2 aromatic carbocycles. The molecule has 1 heterocycles. The van der Waals surface area contributed by atoms with Crippen molar-refractivity contribution in [3.8, 4) is 11.3 Å². The van der Waals surface area contributed by atoms with E-state index in [1.807, 2.05) is 50.2 Å². The van der Waals surface area contributed by atoms with Crippen LogP contribution in [-0.2, 0) is 0 Å². The number of fused-ring (bicyclic) bond motifs is 1. The van der Waals surface area contributed by atoms with Gasteiger partial charge >= 0.3 is 5.97 Å². The summed E-state index contributed by atoms with van der Waals surface area (Å²) in [5.74, 6) is -0.945. The quantitative estimate of drug-likeness (QED) is 0.705. The third-order valence-corrected chi connectivity index (χ3v) is 4.73. The smallest absolute Gasteiger partial charge is 0.336 e. The number of carboxylic acid groups (broad SMARTS) is 1. The maximum atomic E-state index is 11.7. The van der Waals surface area contributed by atoms with Crippen LogP contribution in [0.4, 0.5) is 0 Å². The van der Waals surface area contributed by atoms with Gasteiger partial charge < -0.3 is 5.11 Å². The minimum absolute atomic E-state index is 0.271. The molecule has 3 nitrogen and oxygen atoms in total. The van der Waals surface area contributed by atoms with Gasteiger partial charge in [0.25, 0.3) is 0 Å². The summed E-state index contributed by atoms with van der Waals surface area (Å²) in [5, 5.41) is 10.2. The van der Waals surface area contributed by atoms with Crippen molar-refractivity contribution in [1.82, 2.24) is 4.98 Å². The fourth-order valence-corrected chi connectivity index (χ4v) is 3.04. The van der Waals surface area contributed by atoms with Crippen LogP contribution in [0, 0.1) is 13.8 Å². The minimum atomic E-state index is -0.945. The summed E-state index contributed by atoms with van der Waals surface area (Å²) in [6, 6.07) is 13.1. The number of rotatable bonds is 2. The van der Waals surface area contributed by atoms with E-state index >= 15 is 0 Å². The van der Waals surface area contributed by atoms with Gasteiger partial charge in [0.15, 0.2) is 0 Å². The number of carboxylic acids is 1. The Balaban J connectivity index is 2.41. The summed E-state index contributed by atoms with van der Waals surface area (Å²) in [4.78, 5) is 16.4. The first kappa shape index (κ1) is 14.7. The highest BCUT2D eigenvalue weighted by Crippen LogP contribution is 2.32. The van der Waals surface area contributed by atoms with Gasteiger partial charge in [0.05, 0.1) is 16.8 Å². The van der Waals surface area contributed by atoms with E-state index in [9.17, 15) is 9.90 Å². The molecule has 3 aromatic rings. The number of pyridine rings is 1. The first-order valence-electron chi connectivity index (χ1n) is 6.88. The normalized spacial score (nSPS) is 10.9. The molecule has 0 unspecified atom stereocenters. The first-order chi connectivity index (χ1) is 10.5. The summed E-state index contributed by atoms with van der Waals surface area (Å²) in [6.45, 7) is 3.96. The standard InChI is InChI=1S/C18H14BrNO2/c1-10-11(2)17-13(8-15(10)19)14(18(21)22)9-16(20-17)12-6-4-3-5-7-12/h3-9H,1-2H3,(H,21,22). The van der Waals surface area contributed by atoms with Gasteiger partial charge in [-0.1, -0.05) is 46.3 Å². The lowest BCUT2D eigenvalue weighted by molar-refractivity contribution is 0.0699. The van der Waals surface area contributed by atoms with Crippen LogP contribution in [0.15, 0.2) is 46.9 Å². The number of hydrogen-bond donors (Lipinski definition) is 1. The SMILES string of the molecule is Cc1c(Br)cc2c(C(=O)O)cc(-c3ccccc3)nc2c1C. The molecule has 0 atom stereocenters. The topological polar surface area (TPSA) is 50.2 Å². The van der Waals surface area contributed by atoms with Crippen LogP contribution in [0.3, 0.4) is 0 Å². The van der Waals surface area contributed by atoms with Crippen molar-refractivity contribution >= 4 is 32.8 Å². The maximum absolute atomic E-state index is 11.7. The van der Waals surface area contributed by atoms with Gasteiger partial charge in [-0.2, -0.15) is 0 Å². The largest absolute Gasteiger partial charge is 0.478 e. The van der Waals surface area contributed by atoms with Gasteiger partial charge in [-0.05, 0) is 37.1 Å². The van der Waals surface area contributed by atoms with Crippen molar-refractivity contribution < 1.29 is 9.90 Å². The zero-order chi connectivity index (χ0) is 15.9. The zero-order valence-electron chi connectivity index (χ0n) is 12.2. The molecule has 0 amide bonds. The molecule has 1 N–H and O–H groups in total. The first-order valence-corrected chi connectivity index (χ1v) is 7.67. The highest BCUT2D eigenvalue weighted by atomic mass is 79.9. The minimum Gasteiger partial charge on any atom is -0.478 e. The Morgan fingerprint density at radius 1 is 1.09 bits per heavy atom. The van der Waals surface area contributed by atoms with E-state index in [-0.39, 0.29) is 5.56 Å². The molecule has 4 heteroatoms. The number of nitrogens with zero attached hydrogens (tertiary/aromatic N) is 1. The summed E-state index contributed by atoms with van der Waals surface area (Å²) in [6.07, 6.45) is 0. The molecule has 0 aliphatic rings. The lowest BCUT2D eigenvalue weighted by atomic mass is 9.99. The molecular formula is C18H14BrNO2. The number of carbonyl (C=O) groups is 1.